The number of hydrogen-bond donors (Lipinski definition) is 1. The summed E-state index contributed by atoms with van der Waals surface area (Å²) >= 11 is 6.61. The van der Waals surface area contributed by atoms with Crippen LogP contribution in [0.4, 0.5) is 0 Å². The summed E-state index contributed by atoms with van der Waals surface area (Å²) in [6.45, 7) is 6.13. The van der Waals surface area contributed by atoms with E-state index >= 15 is 0 Å². The molecule has 0 bridgehead atoms. The molecule has 3 aromatic rings. The van der Waals surface area contributed by atoms with Gasteiger partial charge in [-0.1, -0.05) is 41.9 Å². The molecule has 1 fully saturated rings. The van der Waals surface area contributed by atoms with Crippen molar-refractivity contribution in [3.8, 4) is 11.3 Å². The van der Waals surface area contributed by atoms with E-state index in [0.29, 0.717) is 24.5 Å². The molecule has 2 aromatic carbocycles. The quantitative estimate of drug-likeness (QED) is 0.400. The van der Waals surface area contributed by atoms with Crippen LogP contribution in [0.5, 0.6) is 0 Å². The van der Waals surface area contributed by atoms with Crippen molar-refractivity contribution in [2.45, 2.75) is 45.4 Å². The third-order valence-corrected chi connectivity index (χ3v) is 9.34. The molecule has 0 radical (unpaired) electrons. The fourth-order valence-corrected chi connectivity index (χ4v) is 6.44. The van der Waals surface area contributed by atoms with E-state index in [9.17, 15) is 13.5 Å². The van der Waals surface area contributed by atoms with Gasteiger partial charge < -0.3 is 9.84 Å². The van der Waals surface area contributed by atoms with Gasteiger partial charge in [-0.2, -0.15) is 9.40 Å². The average Bonchev–Trinajstić information content (AvgIpc) is 3.31. The van der Waals surface area contributed by atoms with E-state index in [1.807, 2.05) is 36.4 Å². The smallest absolute Gasteiger partial charge is 0.211 e. The number of aliphatic hydroxyl groups is 1. The molecule has 10 heteroatoms. The summed E-state index contributed by atoms with van der Waals surface area (Å²) in [5.41, 5.74) is 7.04. The second-order valence-electron chi connectivity index (χ2n) is 10.4. The first kappa shape index (κ1) is 28.3. The second-order valence-corrected chi connectivity index (χ2v) is 12.8. The summed E-state index contributed by atoms with van der Waals surface area (Å²) in [7, 11) is -3.31. The van der Waals surface area contributed by atoms with E-state index in [4.69, 9.17) is 21.4 Å². The van der Waals surface area contributed by atoms with Crippen molar-refractivity contribution in [1.29, 1.82) is 0 Å². The van der Waals surface area contributed by atoms with Crippen LogP contribution in [0.2, 0.25) is 5.02 Å². The van der Waals surface area contributed by atoms with Gasteiger partial charge in [0, 0.05) is 67.5 Å². The van der Waals surface area contributed by atoms with Crippen molar-refractivity contribution in [3.63, 3.8) is 0 Å². The molecule has 0 unspecified atom stereocenters. The average molecular weight is 573 g/mol. The van der Waals surface area contributed by atoms with Crippen LogP contribution in [0.1, 0.15) is 34.4 Å². The number of ether oxygens (including phenoxy) is 1. The molecule has 8 nitrogen and oxygen atoms in total. The summed E-state index contributed by atoms with van der Waals surface area (Å²) in [4.78, 5) is 2.43. The largest absolute Gasteiger partial charge is 0.392 e. The van der Waals surface area contributed by atoms with E-state index in [1.165, 1.54) is 11.8 Å². The Bertz CT molecular complexity index is 1390. The summed E-state index contributed by atoms with van der Waals surface area (Å²) in [6, 6.07) is 14.0. The molecule has 210 valence electrons. The molecule has 1 aromatic heterocycles. The predicted octanol–water partition coefficient (Wildman–Crippen LogP) is 3.52. The fourth-order valence-electron chi connectivity index (χ4n) is 5.44. The maximum atomic E-state index is 12.4. The lowest BCUT2D eigenvalue weighted by Crippen LogP contribution is -2.37. The van der Waals surface area contributed by atoms with Crippen LogP contribution in [0.25, 0.3) is 11.3 Å². The number of aryl methyl sites for hydroxylation is 3. The number of morpholine rings is 1. The number of benzene rings is 2. The Balaban J connectivity index is 1.39. The maximum Gasteiger partial charge on any atom is 0.211 e. The summed E-state index contributed by atoms with van der Waals surface area (Å²) < 4.78 is 33.9. The minimum absolute atomic E-state index is 0.0368. The van der Waals surface area contributed by atoms with Gasteiger partial charge in [-0.15, -0.1) is 0 Å². The van der Waals surface area contributed by atoms with Gasteiger partial charge in [0.2, 0.25) is 10.0 Å². The highest BCUT2D eigenvalue weighted by molar-refractivity contribution is 7.88. The van der Waals surface area contributed by atoms with Gasteiger partial charge in [0.15, 0.2) is 0 Å². The zero-order valence-electron chi connectivity index (χ0n) is 22.5. The normalized spacial score (nSPS) is 16.9. The third kappa shape index (κ3) is 6.90. The van der Waals surface area contributed by atoms with Crippen LogP contribution in [0.3, 0.4) is 0 Å². The van der Waals surface area contributed by atoms with E-state index < -0.39 is 10.0 Å². The minimum atomic E-state index is -3.31. The molecule has 0 atom stereocenters. The molecule has 2 aliphatic rings. The molecule has 3 heterocycles. The Hall–Kier alpha value is -2.27. The number of halogens is 1. The van der Waals surface area contributed by atoms with E-state index in [-0.39, 0.29) is 6.61 Å². The third-order valence-electron chi connectivity index (χ3n) is 7.72. The van der Waals surface area contributed by atoms with Crippen LogP contribution < -0.4 is 0 Å². The number of nitrogens with zero attached hydrogens (tertiary/aromatic N) is 4. The zero-order chi connectivity index (χ0) is 27.4. The maximum absolute atomic E-state index is 12.4. The van der Waals surface area contributed by atoms with E-state index in [2.05, 4.69) is 15.6 Å². The van der Waals surface area contributed by atoms with E-state index in [0.717, 1.165) is 92.3 Å². The molecular weight excluding hydrogens is 536 g/mol. The number of sulfonamides is 1. The lowest BCUT2D eigenvalue weighted by molar-refractivity contribution is 0.0368. The van der Waals surface area contributed by atoms with Crippen LogP contribution in [0.15, 0.2) is 42.5 Å². The van der Waals surface area contributed by atoms with Crippen LogP contribution in [-0.2, 0) is 53.7 Å². The lowest BCUT2D eigenvalue weighted by Gasteiger charge is -2.27. The molecule has 0 saturated carbocycles. The van der Waals surface area contributed by atoms with Crippen molar-refractivity contribution in [1.82, 2.24) is 19.0 Å². The molecule has 0 amide bonds. The van der Waals surface area contributed by atoms with Gasteiger partial charge in [-0.25, -0.2) is 8.42 Å². The first-order valence-electron chi connectivity index (χ1n) is 13.6. The highest BCUT2D eigenvalue weighted by Gasteiger charge is 2.30. The molecule has 1 saturated heterocycles. The number of hydrogen-bond acceptors (Lipinski definition) is 6. The monoisotopic (exact) mass is 572 g/mol. The molecule has 39 heavy (non-hydrogen) atoms. The Morgan fingerprint density at radius 3 is 2.46 bits per heavy atom. The Kier molecular flexibility index (Phi) is 9.06. The molecule has 2 aliphatic heterocycles. The molecule has 0 spiro atoms. The second kappa shape index (κ2) is 12.5. The summed E-state index contributed by atoms with van der Waals surface area (Å²) in [5, 5.41) is 15.1. The van der Waals surface area contributed by atoms with Crippen molar-refractivity contribution in [2.24, 2.45) is 0 Å². The number of fused-ring (bicyclic) bond motifs is 1. The van der Waals surface area contributed by atoms with Gasteiger partial charge in [0.25, 0.3) is 0 Å². The SMILES string of the molecule is CS(=O)(=O)N1CCc2c(c(-c3ccc(Cl)c(CCc4ccc(CO)cc4)c3)nn2CCCN2CCOCC2)C1. The topological polar surface area (TPSA) is 87.9 Å². The van der Waals surface area contributed by atoms with Crippen LogP contribution >= 0.6 is 11.6 Å². The highest BCUT2D eigenvalue weighted by Crippen LogP contribution is 2.33. The first-order chi connectivity index (χ1) is 18.8. The molecular formula is C29H37ClN4O4S. The number of aliphatic hydroxyl groups excluding tert-OH is 1. The van der Waals surface area contributed by atoms with Gasteiger partial charge >= 0.3 is 0 Å². The van der Waals surface area contributed by atoms with Crippen molar-refractivity contribution in [2.75, 3.05) is 45.6 Å². The van der Waals surface area contributed by atoms with Gasteiger partial charge in [0.05, 0.1) is 31.8 Å². The van der Waals surface area contributed by atoms with E-state index in [1.54, 1.807) is 4.31 Å². The standard InChI is InChI=1S/C29H37ClN4O4S/c1-39(36,37)33-14-11-28-26(20-33)29(31-34(28)13-2-12-32-15-17-38-18-16-32)25-9-10-27(30)24(19-25)8-7-22-3-5-23(21-35)6-4-22/h3-6,9-10,19,35H,2,7-8,11-18,20-21H2,1H3. The van der Waals surface area contributed by atoms with Crippen molar-refractivity contribution >= 4 is 21.6 Å². The van der Waals surface area contributed by atoms with Crippen LogP contribution in [0, 0.1) is 0 Å². The van der Waals surface area contributed by atoms with Gasteiger partial charge in [-0.05, 0) is 48.1 Å². The van der Waals surface area contributed by atoms with Crippen molar-refractivity contribution < 1.29 is 18.3 Å². The number of rotatable bonds is 10. The molecule has 5 rings (SSSR count). The summed E-state index contributed by atoms with van der Waals surface area (Å²) in [5.74, 6) is 0. The lowest BCUT2D eigenvalue weighted by atomic mass is 9.98. The Morgan fingerprint density at radius 1 is 1.00 bits per heavy atom. The number of aromatic nitrogens is 2. The zero-order valence-corrected chi connectivity index (χ0v) is 24.1. The first-order valence-corrected chi connectivity index (χ1v) is 15.9. The minimum Gasteiger partial charge on any atom is -0.392 e. The fraction of sp³-hybridized carbons (Fsp3) is 0.483. The van der Waals surface area contributed by atoms with Gasteiger partial charge in [-0.3, -0.25) is 9.58 Å². The van der Waals surface area contributed by atoms with Crippen molar-refractivity contribution in [3.05, 3.63) is 75.4 Å². The Labute approximate surface area is 236 Å². The van der Waals surface area contributed by atoms with Crippen LogP contribution in [-0.4, -0.2) is 78.2 Å². The summed E-state index contributed by atoms with van der Waals surface area (Å²) in [6.07, 6.45) is 4.49. The predicted molar refractivity (Wildman–Crippen MR) is 153 cm³/mol. The molecule has 1 N–H and O–H groups in total. The van der Waals surface area contributed by atoms with Gasteiger partial charge in [0.1, 0.15) is 0 Å². The molecule has 0 aliphatic carbocycles. The highest BCUT2D eigenvalue weighted by atomic mass is 35.5. The Morgan fingerprint density at radius 2 is 1.74 bits per heavy atom.